The van der Waals surface area contributed by atoms with Crippen LogP contribution in [0, 0.1) is 0 Å². The Morgan fingerprint density at radius 1 is 1.44 bits per heavy atom. The van der Waals surface area contributed by atoms with Crippen molar-refractivity contribution in [2.75, 3.05) is 13.1 Å². The summed E-state index contributed by atoms with van der Waals surface area (Å²) in [5.41, 5.74) is 1.76. The van der Waals surface area contributed by atoms with Gasteiger partial charge >= 0.3 is 0 Å². The van der Waals surface area contributed by atoms with Crippen LogP contribution >= 0.6 is 0 Å². The number of nitrogens with zero attached hydrogens (tertiary/aromatic N) is 2. The fraction of sp³-hybridized carbons (Fsp3) is 0.667. The zero-order valence-corrected chi connectivity index (χ0v) is 11.2. The van der Waals surface area contributed by atoms with Gasteiger partial charge in [0, 0.05) is 43.6 Å². The van der Waals surface area contributed by atoms with E-state index in [2.05, 4.69) is 28.2 Å². The Bertz CT molecular complexity index is 384. The van der Waals surface area contributed by atoms with Gasteiger partial charge in [0.05, 0.1) is 0 Å². The van der Waals surface area contributed by atoms with E-state index in [4.69, 9.17) is 0 Å². The summed E-state index contributed by atoms with van der Waals surface area (Å²) in [6.07, 6.45) is 9.35. The largest absolute Gasteiger partial charge is 0.311 e. The van der Waals surface area contributed by atoms with Crippen LogP contribution in [-0.2, 0) is 6.54 Å². The number of hydrogen-bond acceptors (Lipinski definition) is 3. The lowest BCUT2D eigenvalue weighted by molar-refractivity contribution is 0.0392. The highest BCUT2D eigenvalue weighted by Crippen LogP contribution is 2.37. The first-order chi connectivity index (χ1) is 8.78. The molecule has 1 N–H and O–H groups in total. The molecule has 1 atom stereocenters. The average molecular weight is 245 g/mol. The van der Waals surface area contributed by atoms with Crippen molar-refractivity contribution < 1.29 is 0 Å². The van der Waals surface area contributed by atoms with Gasteiger partial charge in [0.15, 0.2) is 0 Å². The quantitative estimate of drug-likeness (QED) is 0.865. The van der Waals surface area contributed by atoms with Crippen LogP contribution in [0.15, 0.2) is 24.5 Å². The van der Waals surface area contributed by atoms with Crippen molar-refractivity contribution in [3.05, 3.63) is 30.1 Å². The van der Waals surface area contributed by atoms with Crippen LogP contribution in [0.3, 0.4) is 0 Å². The fourth-order valence-corrected chi connectivity index (χ4v) is 3.54. The Morgan fingerprint density at radius 2 is 2.28 bits per heavy atom. The van der Waals surface area contributed by atoms with Crippen molar-refractivity contribution in [2.24, 2.45) is 0 Å². The van der Waals surface area contributed by atoms with E-state index in [1.807, 2.05) is 18.5 Å². The van der Waals surface area contributed by atoms with Crippen LogP contribution in [0.25, 0.3) is 0 Å². The number of aromatic nitrogens is 1. The van der Waals surface area contributed by atoms with Crippen LogP contribution in [0.4, 0.5) is 0 Å². The zero-order valence-electron chi connectivity index (χ0n) is 11.2. The molecule has 0 amide bonds. The summed E-state index contributed by atoms with van der Waals surface area (Å²) in [7, 11) is 0. The maximum atomic E-state index is 4.24. The van der Waals surface area contributed by atoms with Crippen molar-refractivity contribution >= 4 is 0 Å². The molecule has 3 rings (SSSR count). The molecule has 0 bridgehead atoms. The van der Waals surface area contributed by atoms with Crippen molar-refractivity contribution in [1.29, 1.82) is 0 Å². The number of piperazine rings is 1. The molecule has 1 aromatic heterocycles. The van der Waals surface area contributed by atoms with Crippen molar-refractivity contribution in [3.8, 4) is 0 Å². The van der Waals surface area contributed by atoms with Gasteiger partial charge in [0.1, 0.15) is 0 Å². The smallest absolute Gasteiger partial charge is 0.0338 e. The number of rotatable bonds is 2. The Labute approximate surface area is 110 Å². The molecule has 0 radical (unpaired) electrons. The Morgan fingerprint density at radius 3 is 3.00 bits per heavy atom. The Balaban J connectivity index is 1.78. The lowest BCUT2D eigenvalue weighted by Crippen LogP contribution is -2.62. The Hall–Kier alpha value is -0.930. The van der Waals surface area contributed by atoms with E-state index in [0.717, 1.165) is 19.6 Å². The molecule has 2 aliphatic rings. The van der Waals surface area contributed by atoms with Gasteiger partial charge in [-0.2, -0.15) is 0 Å². The highest BCUT2D eigenvalue weighted by atomic mass is 15.3. The minimum absolute atomic E-state index is 0.419. The molecule has 18 heavy (non-hydrogen) atoms. The van der Waals surface area contributed by atoms with E-state index in [-0.39, 0.29) is 0 Å². The van der Waals surface area contributed by atoms with E-state index in [0.29, 0.717) is 11.6 Å². The highest BCUT2D eigenvalue weighted by Gasteiger charge is 2.42. The van der Waals surface area contributed by atoms with E-state index in [1.54, 1.807) is 0 Å². The molecular weight excluding hydrogens is 222 g/mol. The van der Waals surface area contributed by atoms with Gasteiger partial charge in [0.2, 0.25) is 0 Å². The van der Waals surface area contributed by atoms with Crippen molar-refractivity contribution in [2.45, 2.75) is 50.7 Å². The molecule has 1 unspecified atom stereocenters. The van der Waals surface area contributed by atoms with Crippen LogP contribution in [0.5, 0.6) is 0 Å². The first kappa shape index (κ1) is 12.1. The topological polar surface area (TPSA) is 28.2 Å². The van der Waals surface area contributed by atoms with Gasteiger partial charge in [-0.15, -0.1) is 0 Å². The first-order valence-corrected chi connectivity index (χ1v) is 7.16. The second-order valence-electron chi connectivity index (χ2n) is 5.96. The average Bonchev–Trinajstić information content (AvgIpc) is 2.85. The fourth-order valence-electron chi connectivity index (χ4n) is 3.54. The summed E-state index contributed by atoms with van der Waals surface area (Å²) < 4.78 is 0. The van der Waals surface area contributed by atoms with Gasteiger partial charge in [-0.3, -0.25) is 9.88 Å². The van der Waals surface area contributed by atoms with E-state index >= 15 is 0 Å². The first-order valence-electron chi connectivity index (χ1n) is 7.16. The lowest BCUT2D eigenvalue weighted by Gasteiger charge is -2.47. The van der Waals surface area contributed by atoms with Crippen molar-refractivity contribution in [3.63, 3.8) is 0 Å². The van der Waals surface area contributed by atoms with Gasteiger partial charge < -0.3 is 5.32 Å². The highest BCUT2D eigenvalue weighted by molar-refractivity contribution is 5.11. The summed E-state index contributed by atoms with van der Waals surface area (Å²) in [6.45, 7) is 5.67. The maximum Gasteiger partial charge on any atom is 0.0338 e. The van der Waals surface area contributed by atoms with Gasteiger partial charge in [0.25, 0.3) is 0 Å². The predicted molar refractivity (Wildman–Crippen MR) is 73.3 cm³/mol. The summed E-state index contributed by atoms with van der Waals surface area (Å²) in [5, 5.41) is 3.67. The van der Waals surface area contributed by atoms with Crippen LogP contribution in [-0.4, -0.2) is 34.6 Å². The van der Waals surface area contributed by atoms with Crippen molar-refractivity contribution in [1.82, 2.24) is 15.2 Å². The van der Waals surface area contributed by atoms with E-state index in [1.165, 1.54) is 31.2 Å². The third-order valence-electron chi connectivity index (χ3n) is 4.58. The summed E-state index contributed by atoms with van der Waals surface area (Å²) in [4.78, 5) is 6.95. The second-order valence-corrected chi connectivity index (χ2v) is 5.96. The number of pyridine rings is 1. The molecule has 1 saturated heterocycles. The predicted octanol–water partition coefficient (Wildman–Crippen LogP) is 2.19. The maximum absolute atomic E-state index is 4.24. The minimum Gasteiger partial charge on any atom is -0.311 e. The van der Waals surface area contributed by atoms with Gasteiger partial charge in [-0.25, -0.2) is 0 Å². The summed E-state index contributed by atoms with van der Waals surface area (Å²) in [5.74, 6) is 0. The zero-order chi connectivity index (χ0) is 12.4. The third kappa shape index (κ3) is 2.29. The SMILES string of the molecule is CC1CN(Cc2cccnc2)C2(CCCC2)CN1. The second kappa shape index (κ2) is 4.98. The summed E-state index contributed by atoms with van der Waals surface area (Å²) >= 11 is 0. The monoisotopic (exact) mass is 245 g/mol. The molecule has 2 heterocycles. The molecule has 3 heteroatoms. The molecule has 1 aromatic rings. The van der Waals surface area contributed by atoms with E-state index in [9.17, 15) is 0 Å². The van der Waals surface area contributed by atoms with Crippen LogP contribution in [0.1, 0.15) is 38.2 Å². The molecule has 1 aliphatic carbocycles. The van der Waals surface area contributed by atoms with Gasteiger partial charge in [-0.05, 0) is 31.4 Å². The molecule has 98 valence electrons. The van der Waals surface area contributed by atoms with Crippen LogP contribution in [0.2, 0.25) is 0 Å². The molecule has 1 spiro atoms. The number of nitrogens with one attached hydrogen (secondary N) is 1. The molecule has 1 saturated carbocycles. The van der Waals surface area contributed by atoms with E-state index < -0.39 is 0 Å². The van der Waals surface area contributed by atoms with Gasteiger partial charge in [-0.1, -0.05) is 18.9 Å². The minimum atomic E-state index is 0.419. The number of hydrogen-bond donors (Lipinski definition) is 1. The molecule has 3 nitrogen and oxygen atoms in total. The Kier molecular flexibility index (Phi) is 3.35. The lowest BCUT2D eigenvalue weighted by atomic mass is 9.90. The third-order valence-corrected chi connectivity index (χ3v) is 4.58. The molecule has 0 aromatic carbocycles. The molecular formula is C15H23N3. The normalized spacial score (nSPS) is 27.7. The molecule has 1 aliphatic heterocycles. The summed E-state index contributed by atoms with van der Waals surface area (Å²) in [6, 6.07) is 4.85. The standard InChI is InChI=1S/C15H23N3/c1-13-10-18(11-14-5-4-8-16-9-14)15(12-17-13)6-2-3-7-15/h4-5,8-9,13,17H,2-3,6-7,10-12H2,1H3. The van der Waals surface area contributed by atoms with Crippen LogP contribution < -0.4 is 5.32 Å². The molecule has 2 fully saturated rings.